The summed E-state index contributed by atoms with van der Waals surface area (Å²) < 4.78 is 33.8. The predicted molar refractivity (Wildman–Crippen MR) is 82.0 cm³/mol. The third-order valence-corrected chi connectivity index (χ3v) is 4.04. The van der Waals surface area contributed by atoms with E-state index in [1.165, 1.54) is 26.3 Å². The zero-order valence-corrected chi connectivity index (χ0v) is 13.8. The van der Waals surface area contributed by atoms with Crippen molar-refractivity contribution in [1.82, 2.24) is 4.98 Å². The highest BCUT2D eigenvalue weighted by atomic mass is 79.9. The Bertz CT molecular complexity index is 856. The lowest BCUT2D eigenvalue weighted by Gasteiger charge is -2.17. The van der Waals surface area contributed by atoms with Crippen molar-refractivity contribution in [3.05, 3.63) is 40.0 Å². The molecule has 1 aromatic heterocycles. The molecule has 0 N–H and O–H groups in total. The summed E-state index contributed by atoms with van der Waals surface area (Å²) in [6, 6.07) is 3.04. The molecule has 0 amide bonds. The fourth-order valence-electron chi connectivity index (χ4n) is 2.41. The molecule has 120 valence electrons. The molecule has 1 aromatic carbocycles. The molecule has 3 rings (SSSR count). The molecule has 0 spiro atoms. The van der Waals surface area contributed by atoms with E-state index in [1.54, 1.807) is 6.07 Å². The van der Waals surface area contributed by atoms with E-state index in [-0.39, 0.29) is 23.2 Å². The molecule has 1 unspecified atom stereocenters. The zero-order chi connectivity index (χ0) is 16.8. The van der Waals surface area contributed by atoms with Crippen LogP contribution in [-0.2, 0) is 14.4 Å². The third-order valence-electron chi connectivity index (χ3n) is 3.61. The van der Waals surface area contributed by atoms with Gasteiger partial charge < -0.3 is 9.57 Å². The summed E-state index contributed by atoms with van der Waals surface area (Å²) in [5.41, 5.74) is -1.36. The SMILES string of the molecule is COC(=O)C1(C)CC(c2cc3cc(Br)cnc3c(F)c2F)=NO1. The molecule has 0 aliphatic carbocycles. The first-order valence-electron chi connectivity index (χ1n) is 6.63. The summed E-state index contributed by atoms with van der Waals surface area (Å²) in [6.45, 7) is 1.47. The number of fused-ring (bicyclic) bond motifs is 1. The number of halogens is 3. The minimum Gasteiger partial charge on any atom is -0.466 e. The van der Waals surface area contributed by atoms with Crippen LogP contribution in [0.25, 0.3) is 10.9 Å². The molecule has 1 aliphatic heterocycles. The van der Waals surface area contributed by atoms with Gasteiger partial charge in [-0.05, 0) is 35.0 Å². The maximum absolute atomic E-state index is 14.3. The smallest absolute Gasteiger partial charge is 0.353 e. The Kier molecular flexibility index (Phi) is 3.79. The van der Waals surface area contributed by atoms with E-state index in [4.69, 9.17) is 4.84 Å². The van der Waals surface area contributed by atoms with E-state index < -0.39 is 23.2 Å². The summed E-state index contributed by atoms with van der Waals surface area (Å²) >= 11 is 3.24. The summed E-state index contributed by atoms with van der Waals surface area (Å²) in [6.07, 6.45) is 1.36. The molecular weight excluding hydrogens is 374 g/mol. The van der Waals surface area contributed by atoms with Gasteiger partial charge in [-0.25, -0.2) is 13.6 Å². The predicted octanol–water partition coefficient (Wildman–Crippen LogP) is 3.33. The van der Waals surface area contributed by atoms with Crippen molar-refractivity contribution in [3.8, 4) is 0 Å². The van der Waals surface area contributed by atoms with E-state index in [0.717, 1.165) is 0 Å². The molecule has 23 heavy (non-hydrogen) atoms. The first kappa shape index (κ1) is 15.8. The van der Waals surface area contributed by atoms with Crippen molar-refractivity contribution in [1.29, 1.82) is 0 Å². The van der Waals surface area contributed by atoms with Crippen LogP contribution in [0.4, 0.5) is 8.78 Å². The molecule has 2 heterocycles. The number of hydrogen-bond donors (Lipinski definition) is 0. The van der Waals surface area contributed by atoms with Gasteiger partial charge in [-0.15, -0.1) is 0 Å². The van der Waals surface area contributed by atoms with Gasteiger partial charge in [0.25, 0.3) is 0 Å². The molecule has 0 fully saturated rings. The van der Waals surface area contributed by atoms with Crippen LogP contribution in [0.5, 0.6) is 0 Å². The molecule has 1 atom stereocenters. The van der Waals surface area contributed by atoms with Gasteiger partial charge in [-0.1, -0.05) is 5.16 Å². The van der Waals surface area contributed by atoms with Crippen LogP contribution in [0.15, 0.2) is 28.0 Å². The second-order valence-electron chi connectivity index (χ2n) is 5.31. The summed E-state index contributed by atoms with van der Waals surface area (Å²) in [5, 5.41) is 4.14. The number of methoxy groups -OCH3 is 1. The van der Waals surface area contributed by atoms with Gasteiger partial charge in [0.2, 0.25) is 5.60 Å². The Hall–Kier alpha value is -2.09. The number of pyridine rings is 1. The molecule has 0 saturated carbocycles. The van der Waals surface area contributed by atoms with Gasteiger partial charge >= 0.3 is 5.97 Å². The largest absolute Gasteiger partial charge is 0.466 e. The lowest BCUT2D eigenvalue weighted by Crippen LogP contribution is -2.36. The highest BCUT2D eigenvalue weighted by molar-refractivity contribution is 9.10. The van der Waals surface area contributed by atoms with Crippen molar-refractivity contribution >= 4 is 38.5 Å². The topological polar surface area (TPSA) is 60.8 Å². The molecule has 5 nitrogen and oxygen atoms in total. The maximum atomic E-state index is 14.3. The summed E-state index contributed by atoms with van der Waals surface area (Å²) in [7, 11) is 1.22. The first-order valence-corrected chi connectivity index (χ1v) is 7.42. The zero-order valence-electron chi connectivity index (χ0n) is 12.2. The number of ether oxygens (including phenoxy) is 1. The molecule has 2 aromatic rings. The second kappa shape index (κ2) is 5.52. The Labute approximate surface area is 138 Å². The van der Waals surface area contributed by atoms with Crippen molar-refractivity contribution in [2.45, 2.75) is 18.9 Å². The van der Waals surface area contributed by atoms with E-state index >= 15 is 0 Å². The second-order valence-corrected chi connectivity index (χ2v) is 6.22. The minimum atomic E-state index is -1.35. The van der Waals surface area contributed by atoms with Gasteiger partial charge in [0, 0.05) is 28.0 Å². The molecule has 1 aliphatic rings. The van der Waals surface area contributed by atoms with Crippen LogP contribution >= 0.6 is 15.9 Å². The number of carbonyl (C=O) groups is 1. The number of aromatic nitrogens is 1. The Morgan fingerprint density at radius 2 is 2.13 bits per heavy atom. The lowest BCUT2D eigenvalue weighted by atomic mass is 9.95. The van der Waals surface area contributed by atoms with Gasteiger partial charge in [0.05, 0.1) is 12.8 Å². The standard InChI is InChI=1S/C15H11BrF2N2O3/c1-15(14(21)22-2)5-10(20-23-15)9-4-7-3-8(16)6-19-13(7)12(18)11(9)17/h3-4,6H,5H2,1-2H3. The van der Waals surface area contributed by atoms with Crippen LogP contribution < -0.4 is 0 Å². The van der Waals surface area contributed by atoms with Crippen LogP contribution in [0.3, 0.4) is 0 Å². The fraction of sp³-hybridized carbons (Fsp3) is 0.267. The van der Waals surface area contributed by atoms with Gasteiger partial charge in [0.15, 0.2) is 11.6 Å². The van der Waals surface area contributed by atoms with E-state index in [2.05, 4.69) is 30.8 Å². The number of oxime groups is 1. The molecule has 8 heteroatoms. The summed E-state index contributed by atoms with van der Waals surface area (Å²) in [4.78, 5) is 20.7. The van der Waals surface area contributed by atoms with Crippen molar-refractivity contribution in [3.63, 3.8) is 0 Å². The number of benzene rings is 1. The number of carbonyl (C=O) groups excluding carboxylic acids is 1. The average molecular weight is 385 g/mol. The van der Waals surface area contributed by atoms with Crippen LogP contribution in [0.1, 0.15) is 18.9 Å². The van der Waals surface area contributed by atoms with Crippen LogP contribution in [0, 0.1) is 11.6 Å². The first-order chi connectivity index (χ1) is 10.9. The van der Waals surface area contributed by atoms with Crippen molar-refractivity contribution in [2.24, 2.45) is 5.16 Å². The minimum absolute atomic E-state index is 0.0248. The van der Waals surface area contributed by atoms with Crippen molar-refractivity contribution in [2.75, 3.05) is 7.11 Å². The highest BCUT2D eigenvalue weighted by Gasteiger charge is 2.44. The highest BCUT2D eigenvalue weighted by Crippen LogP contribution is 2.31. The normalized spacial score (nSPS) is 20.3. The number of esters is 1. The maximum Gasteiger partial charge on any atom is 0.353 e. The van der Waals surface area contributed by atoms with E-state index in [1.807, 2.05) is 0 Å². The Balaban J connectivity index is 2.08. The quantitative estimate of drug-likeness (QED) is 0.745. The van der Waals surface area contributed by atoms with Gasteiger partial charge in [0.1, 0.15) is 5.52 Å². The van der Waals surface area contributed by atoms with Crippen molar-refractivity contribution < 1.29 is 23.1 Å². The average Bonchev–Trinajstić information content (AvgIpc) is 2.93. The monoisotopic (exact) mass is 384 g/mol. The molecule has 0 bridgehead atoms. The van der Waals surface area contributed by atoms with Gasteiger partial charge in [-0.3, -0.25) is 4.98 Å². The number of nitrogens with zero attached hydrogens (tertiary/aromatic N) is 2. The van der Waals surface area contributed by atoms with E-state index in [0.29, 0.717) is 9.86 Å². The van der Waals surface area contributed by atoms with E-state index in [9.17, 15) is 13.6 Å². The fourth-order valence-corrected chi connectivity index (χ4v) is 2.76. The summed E-state index contributed by atoms with van der Waals surface area (Å²) in [5.74, 6) is -2.79. The molecular formula is C15H11BrF2N2O3. The Morgan fingerprint density at radius 1 is 1.39 bits per heavy atom. The van der Waals surface area contributed by atoms with Gasteiger partial charge in [-0.2, -0.15) is 0 Å². The number of rotatable bonds is 2. The molecule has 0 radical (unpaired) electrons. The lowest BCUT2D eigenvalue weighted by molar-refractivity contribution is -0.164. The van der Waals surface area contributed by atoms with Crippen LogP contribution in [-0.4, -0.2) is 29.4 Å². The van der Waals surface area contributed by atoms with Crippen LogP contribution in [0.2, 0.25) is 0 Å². The number of hydrogen-bond acceptors (Lipinski definition) is 5. The Morgan fingerprint density at radius 3 is 2.83 bits per heavy atom. The molecule has 0 saturated heterocycles. The third kappa shape index (κ3) is 2.56.